The van der Waals surface area contributed by atoms with Gasteiger partial charge >= 0.3 is 0 Å². The van der Waals surface area contributed by atoms with Crippen molar-refractivity contribution in [2.75, 3.05) is 18.4 Å². The number of anilines is 1. The molecule has 1 rings (SSSR count). The Morgan fingerprint density at radius 1 is 1.47 bits per heavy atom. The Kier molecular flexibility index (Phi) is 5.92. The van der Waals surface area contributed by atoms with Gasteiger partial charge in [0.2, 0.25) is 5.91 Å². The maximum atomic E-state index is 12.9. The molecule has 1 aromatic carbocycles. The van der Waals surface area contributed by atoms with E-state index in [0.29, 0.717) is 18.7 Å². The number of carbonyl (C=O) groups excluding carboxylic acids is 1. The molecule has 0 aromatic heterocycles. The highest BCUT2D eigenvalue weighted by Gasteiger charge is 2.18. The Morgan fingerprint density at radius 2 is 2.21 bits per heavy atom. The highest BCUT2D eigenvalue weighted by Crippen LogP contribution is 2.10. The molecule has 1 atom stereocenters. The summed E-state index contributed by atoms with van der Waals surface area (Å²) in [5.41, 5.74) is -0.388. The molecule has 0 aliphatic carbocycles. The molecule has 0 fully saturated rings. The van der Waals surface area contributed by atoms with Crippen LogP contribution in [0.2, 0.25) is 0 Å². The number of hydrogen-bond acceptors (Lipinski definition) is 3. The number of amides is 1. The maximum Gasteiger partial charge on any atom is 0.238 e. The summed E-state index contributed by atoms with van der Waals surface area (Å²) in [4.78, 5) is 11.6. The predicted molar refractivity (Wildman–Crippen MR) is 73.4 cm³/mol. The number of benzene rings is 1. The lowest BCUT2D eigenvalue weighted by Gasteiger charge is -2.22. The first-order chi connectivity index (χ1) is 8.93. The third-order valence-corrected chi connectivity index (χ3v) is 2.69. The average molecular weight is 268 g/mol. The van der Waals surface area contributed by atoms with Crippen molar-refractivity contribution >= 4 is 11.6 Å². The topological polar surface area (TPSA) is 61.4 Å². The van der Waals surface area contributed by atoms with Crippen LogP contribution in [-0.2, 0) is 4.79 Å². The van der Waals surface area contributed by atoms with Gasteiger partial charge in [-0.3, -0.25) is 4.79 Å². The lowest BCUT2D eigenvalue weighted by atomic mass is 10.0. The second kappa shape index (κ2) is 7.21. The Morgan fingerprint density at radius 3 is 2.84 bits per heavy atom. The van der Waals surface area contributed by atoms with Crippen LogP contribution in [0.1, 0.15) is 26.7 Å². The Hall–Kier alpha value is -1.46. The van der Waals surface area contributed by atoms with E-state index in [4.69, 9.17) is 0 Å². The third kappa shape index (κ3) is 6.31. The highest BCUT2D eigenvalue weighted by atomic mass is 19.1. The van der Waals surface area contributed by atoms with Crippen LogP contribution in [0.5, 0.6) is 0 Å². The van der Waals surface area contributed by atoms with E-state index in [0.717, 1.165) is 6.42 Å². The van der Waals surface area contributed by atoms with E-state index in [1.54, 1.807) is 13.0 Å². The zero-order chi connectivity index (χ0) is 14.3. The first-order valence-electron chi connectivity index (χ1n) is 6.41. The fraction of sp³-hybridized carbons (Fsp3) is 0.500. The van der Waals surface area contributed by atoms with Crippen molar-refractivity contribution < 1.29 is 14.3 Å². The summed E-state index contributed by atoms with van der Waals surface area (Å²) in [5.74, 6) is -0.658. The number of carbonyl (C=O) groups is 1. The van der Waals surface area contributed by atoms with Crippen molar-refractivity contribution in [1.82, 2.24) is 5.32 Å². The van der Waals surface area contributed by atoms with E-state index in [2.05, 4.69) is 10.6 Å². The molecular weight excluding hydrogens is 247 g/mol. The second-order valence-corrected chi connectivity index (χ2v) is 4.91. The predicted octanol–water partition coefficient (Wildman–Crippen LogP) is 1.90. The molecule has 0 saturated carbocycles. The Labute approximate surface area is 113 Å². The third-order valence-electron chi connectivity index (χ3n) is 2.69. The van der Waals surface area contributed by atoms with Crippen LogP contribution in [0.25, 0.3) is 0 Å². The molecule has 4 nitrogen and oxygen atoms in total. The number of rotatable bonds is 7. The van der Waals surface area contributed by atoms with E-state index in [1.807, 2.05) is 6.92 Å². The summed E-state index contributed by atoms with van der Waals surface area (Å²) < 4.78 is 12.9. The van der Waals surface area contributed by atoms with E-state index in [9.17, 15) is 14.3 Å². The number of nitrogens with one attached hydrogen (secondary N) is 2. The van der Waals surface area contributed by atoms with Gasteiger partial charge in [0.15, 0.2) is 0 Å². The van der Waals surface area contributed by atoms with Gasteiger partial charge in [-0.2, -0.15) is 0 Å². The molecule has 0 heterocycles. The summed E-state index contributed by atoms with van der Waals surface area (Å²) >= 11 is 0. The van der Waals surface area contributed by atoms with Crippen molar-refractivity contribution in [2.24, 2.45) is 0 Å². The maximum absolute atomic E-state index is 12.9. The largest absolute Gasteiger partial charge is 0.389 e. The fourth-order valence-corrected chi connectivity index (χ4v) is 1.84. The molecule has 0 aliphatic rings. The molecular formula is C14H21FN2O2. The average Bonchev–Trinajstić information content (AvgIpc) is 2.28. The SMILES string of the molecule is CCCC(C)(O)CNCC(=O)Nc1cccc(F)c1. The summed E-state index contributed by atoms with van der Waals surface area (Å²) in [6.07, 6.45) is 1.55. The zero-order valence-electron chi connectivity index (χ0n) is 11.4. The summed E-state index contributed by atoms with van der Waals surface area (Å²) in [7, 11) is 0. The highest BCUT2D eigenvalue weighted by molar-refractivity contribution is 5.92. The molecule has 0 saturated heterocycles. The van der Waals surface area contributed by atoms with Gasteiger partial charge in [-0.15, -0.1) is 0 Å². The van der Waals surface area contributed by atoms with Crippen LogP contribution in [-0.4, -0.2) is 29.7 Å². The number of aliphatic hydroxyl groups is 1. The molecule has 1 amide bonds. The normalized spacial score (nSPS) is 13.9. The Bertz CT molecular complexity index is 422. The Balaban J connectivity index is 2.32. The van der Waals surface area contributed by atoms with Gasteiger partial charge in [0.25, 0.3) is 0 Å². The molecule has 1 unspecified atom stereocenters. The van der Waals surface area contributed by atoms with Crippen LogP contribution in [0.15, 0.2) is 24.3 Å². The van der Waals surface area contributed by atoms with Gasteiger partial charge in [-0.1, -0.05) is 19.4 Å². The molecule has 106 valence electrons. The molecule has 19 heavy (non-hydrogen) atoms. The molecule has 0 radical (unpaired) electrons. The van der Waals surface area contributed by atoms with Crippen LogP contribution < -0.4 is 10.6 Å². The van der Waals surface area contributed by atoms with Gasteiger partial charge in [0, 0.05) is 12.2 Å². The second-order valence-electron chi connectivity index (χ2n) is 4.91. The summed E-state index contributed by atoms with van der Waals surface area (Å²) in [5, 5.41) is 15.4. The minimum Gasteiger partial charge on any atom is -0.389 e. The van der Waals surface area contributed by atoms with Gasteiger partial charge < -0.3 is 15.7 Å². The van der Waals surface area contributed by atoms with Crippen molar-refractivity contribution in [1.29, 1.82) is 0 Å². The van der Waals surface area contributed by atoms with E-state index in [1.165, 1.54) is 18.2 Å². The molecule has 5 heteroatoms. The molecule has 0 aliphatic heterocycles. The van der Waals surface area contributed by atoms with Gasteiger partial charge in [-0.05, 0) is 31.5 Å². The smallest absolute Gasteiger partial charge is 0.238 e. The van der Waals surface area contributed by atoms with Gasteiger partial charge in [0.05, 0.1) is 12.1 Å². The first-order valence-corrected chi connectivity index (χ1v) is 6.41. The molecule has 1 aromatic rings. The van der Waals surface area contributed by atoms with Crippen molar-refractivity contribution in [3.05, 3.63) is 30.1 Å². The van der Waals surface area contributed by atoms with Gasteiger partial charge in [0.1, 0.15) is 5.82 Å². The van der Waals surface area contributed by atoms with E-state index < -0.39 is 11.4 Å². The van der Waals surface area contributed by atoms with Crippen LogP contribution in [0, 0.1) is 5.82 Å². The standard InChI is InChI=1S/C14H21FN2O2/c1-3-7-14(2,19)10-16-9-13(18)17-12-6-4-5-11(15)8-12/h4-6,8,16,19H,3,7,9-10H2,1-2H3,(H,17,18). The van der Waals surface area contributed by atoms with Crippen molar-refractivity contribution in [3.8, 4) is 0 Å². The van der Waals surface area contributed by atoms with Crippen LogP contribution >= 0.6 is 0 Å². The summed E-state index contributed by atoms with van der Waals surface area (Å²) in [6, 6.07) is 5.72. The lowest BCUT2D eigenvalue weighted by Crippen LogP contribution is -2.40. The van der Waals surface area contributed by atoms with Crippen molar-refractivity contribution in [3.63, 3.8) is 0 Å². The minimum atomic E-state index is -0.812. The minimum absolute atomic E-state index is 0.0797. The fourth-order valence-electron chi connectivity index (χ4n) is 1.84. The van der Waals surface area contributed by atoms with Gasteiger partial charge in [-0.25, -0.2) is 4.39 Å². The van der Waals surface area contributed by atoms with E-state index in [-0.39, 0.29) is 12.5 Å². The molecule has 0 spiro atoms. The zero-order valence-corrected chi connectivity index (χ0v) is 11.4. The monoisotopic (exact) mass is 268 g/mol. The van der Waals surface area contributed by atoms with Crippen LogP contribution in [0.4, 0.5) is 10.1 Å². The van der Waals surface area contributed by atoms with Crippen LogP contribution in [0.3, 0.4) is 0 Å². The molecule has 3 N–H and O–H groups in total. The summed E-state index contributed by atoms with van der Waals surface area (Å²) in [6.45, 7) is 4.15. The van der Waals surface area contributed by atoms with E-state index >= 15 is 0 Å². The number of hydrogen-bond donors (Lipinski definition) is 3. The molecule has 0 bridgehead atoms. The lowest BCUT2D eigenvalue weighted by molar-refractivity contribution is -0.115. The van der Waals surface area contributed by atoms with Crippen molar-refractivity contribution in [2.45, 2.75) is 32.3 Å². The number of halogens is 1. The first kappa shape index (κ1) is 15.6. The quantitative estimate of drug-likeness (QED) is 0.708.